The molecule has 0 atom stereocenters. The molecule has 2 rings (SSSR count). The van der Waals surface area contributed by atoms with Gasteiger partial charge >= 0.3 is 0 Å². The van der Waals surface area contributed by atoms with E-state index in [0.29, 0.717) is 0 Å². The first-order valence-corrected chi connectivity index (χ1v) is 8.55. The number of nitrogens with zero attached hydrogens (tertiary/aromatic N) is 1. The molecule has 0 saturated heterocycles. The zero-order valence-electron chi connectivity index (χ0n) is 13.0. The number of anilines is 2. The van der Waals surface area contributed by atoms with Crippen molar-refractivity contribution in [3.8, 4) is 0 Å². The highest BCUT2D eigenvalue weighted by Gasteiger charge is 2.02. The molecule has 21 heavy (non-hydrogen) atoms. The molecule has 0 bridgehead atoms. The van der Waals surface area contributed by atoms with Gasteiger partial charge in [-0.3, -0.25) is 0 Å². The van der Waals surface area contributed by atoms with E-state index >= 15 is 0 Å². The minimum atomic E-state index is 0.859. The normalized spacial score (nSPS) is 10.5. The fourth-order valence-corrected chi connectivity index (χ4v) is 2.84. The quantitative estimate of drug-likeness (QED) is 0.690. The summed E-state index contributed by atoms with van der Waals surface area (Å²) in [6.45, 7) is 9.48. The molecule has 112 valence electrons. The van der Waals surface area contributed by atoms with Crippen molar-refractivity contribution in [2.75, 3.05) is 23.3 Å². The number of hydrogen-bond acceptors (Lipinski definition) is 2. The van der Waals surface area contributed by atoms with Crippen LogP contribution >= 0.6 is 22.6 Å². The summed E-state index contributed by atoms with van der Waals surface area (Å²) in [5.41, 5.74) is 5.11. The molecule has 0 fully saturated rings. The van der Waals surface area contributed by atoms with Crippen molar-refractivity contribution in [3.05, 3.63) is 57.2 Å². The van der Waals surface area contributed by atoms with Gasteiger partial charge in [-0.2, -0.15) is 0 Å². The Hall–Kier alpha value is -1.23. The Kier molecular flexibility index (Phi) is 5.91. The summed E-state index contributed by atoms with van der Waals surface area (Å²) in [6.07, 6.45) is 0. The van der Waals surface area contributed by atoms with E-state index in [1.807, 2.05) is 0 Å². The van der Waals surface area contributed by atoms with Crippen molar-refractivity contribution in [3.63, 3.8) is 0 Å². The van der Waals surface area contributed by atoms with Gasteiger partial charge in [0, 0.05) is 34.6 Å². The lowest BCUT2D eigenvalue weighted by atomic mass is 10.1. The third-order valence-electron chi connectivity index (χ3n) is 3.73. The molecule has 0 aliphatic rings. The average Bonchev–Trinajstić information content (AvgIpc) is 2.51. The molecular weight excluding hydrogens is 371 g/mol. The SMILES string of the molecule is CCN(CC)c1ccc(CNc2ccc(C)c(I)c2)cc1. The van der Waals surface area contributed by atoms with Crippen molar-refractivity contribution in [1.29, 1.82) is 0 Å². The van der Waals surface area contributed by atoms with Gasteiger partial charge in [-0.1, -0.05) is 18.2 Å². The Bertz CT molecular complexity index is 574. The Balaban J connectivity index is 1.98. The van der Waals surface area contributed by atoms with Gasteiger partial charge in [0.15, 0.2) is 0 Å². The van der Waals surface area contributed by atoms with Crippen LogP contribution in [0.25, 0.3) is 0 Å². The predicted octanol–water partition coefficient (Wildman–Crippen LogP) is 5.06. The summed E-state index contributed by atoms with van der Waals surface area (Å²) < 4.78 is 1.30. The van der Waals surface area contributed by atoms with E-state index in [9.17, 15) is 0 Å². The molecule has 2 aromatic carbocycles. The van der Waals surface area contributed by atoms with Crippen molar-refractivity contribution >= 4 is 34.0 Å². The van der Waals surface area contributed by atoms with Crippen molar-refractivity contribution in [2.45, 2.75) is 27.3 Å². The smallest absolute Gasteiger partial charge is 0.0400 e. The van der Waals surface area contributed by atoms with Crippen LogP contribution in [-0.2, 0) is 6.54 Å². The van der Waals surface area contributed by atoms with Gasteiger partial charge < -0.3 is 10.2 Å². The molecule has 2 aromatic rings. The Morgan fingerprint density at radius 3 is 2.24 bits per heavy atom. The van der Waals surface area contributed by atoms with E-state index in [0.717, 1.165) is 19.6 Å². The largest absolute Gasteiger partial charge is 0.381 e. The molecule has 3 heteroatoms. The molecule has 0 amide bonds. The zero-order chi connectivity index (χ0) is 15.2. The minimum Gasteiger partial charge on any atom is -0.381 e. The molecule has 0 unspecified atom stereocenters. The zero-order valence-corrected chi connectivity index (χ0v) is 15.1. The van der Waals surface area contributed by atoms with Crippen molar-refractivity contribution < 1.29 is 0 Å². The lowest BCUT2D eigenvalue weighted by Gasteiger charge is -2.21. The second-order valence-corrected chi connectivity index (χ2v) is 6.32. The molecule has 2 nitrogen and oxygen atoms in total. The van der Waals surface area contributed by atoms with Crippen LogP contribution in [0.4, 0.5) is 11.4 Å². The second kappa shape index (κ2) is 7.69. The summed E-state index contributed by atoms with van der Waals surface area (Å²) in [5.74, 6) is 0. The first kappa shape index (κ1) is 16.1. The van der Waals surface area contributed by atoms with E-state index in [2.05, 4.69) is 96.0 Å². The van der Waals surface area contributed by atoms with Gasteiger partial charge in [-0.05, 0) is 78.8 Å². The number of rotatable bonds is 6. The number of aryl methyl sites for hydroxylation is 1. The molecule has 0 spiro atoms. The lowest BCUT2D eigenvalue weighted by Crippen LogP contribution is -2.21. The topological polar surface area (TPSA) is 15.3 Å². The van der Waals surface area contributed by atoms with E-state index in [1.165, 1.54) is 26.1 Å². The summed E-state index contributed by atoms with van der Waals surface area (Å²) in [7, 11) is 0. The van der Waals surface area contributed by atoms with Crippen LogP contribution in [0, 0.1) is 10.5 Å². The van der Waals surface area contributed by atoms with Gasteiger partial charge in [-0.15, -0.1) is 0 Å². The average molecular weight is 394 g/mol. The first-order chi connectivity index (χ1) is 10.1. The maximum absolute atomic E-state index is 3.49. The van der Waals surface area contributed by atoms with Crippen molar-refractivity contribution in [1.82, 2.24) is 0 Å². The molecule has 0 aromatic heterocycles. The van der Waals surface area contributed by atoms with Gasteiger partial charge in [0.25, 0.3) is 0 Å². The van der Waals surface area contributed by atoms with Crippen LogP contribution in [0.2, 0.25) is 0 Å². The maximum Gasteiger partial charge on any atom is 0.0400 e. The van der Waals surface area contributed by atoms with Gasteiger partial charge in [0.2, 0.25) is 0 Å². The van der Waals surface area contributed by atoms with E-state index in [4.69, 9.17) is 0 Å². The summed E-state index contributed by atoms with van der Waals surface area (Å²) >= 11 is 2.38. The lowest BCUT2D eigenvalue weighted by molar-refractivity contribution is 0.865. The van der Waals surface area contributed by atoms with Crippen LogP contribution in [0.15, 0.2) is 42.5 Å². The number of halogens is 1. The Morgan fingerprint density at radius 2 is 1.67 bits per heavy atom. The third kappa shape index (κ3) is 4.37. The molecule has 0 aliphatic carbocycles. The number of nitrogens with one attached hydrogen (secondary N) is 1. The fraction of sp³-hybridized carbons (Fsp3) is 0.333. The van der Waals surface area contributed by atoms with E-state index in [-0.39, 0.29) is 0 Å². The number of hydrogen-bond donors (Lipinski definition) is 1. The van der Waals surface area contributed by atoms with Crippen LogP contribution in [0.3, 0.4) is 0 Å². The molecule has 0 aliphatic heterocycles. The first-order valence-electron chi connectivity index (χ1n) is 7.48. The predicted molar refractivity (Wildman–Crippen MR) is 101 cm³/mol. The molecule has 0 saturated carbocycles. The summed E-state index contributed by atoms with van der Waals surface area (Å²) in [5, 5.41) is 3.49. The van der Waals surface area contributed by atoms with Crippen LogP contribution in [0.1, 0.15) is 25.0 Å². The van der Waals surface area contributed by atoms with Crippen LogP contribution in [0.5, 0.6) is 0 Å². The highest BCUT2D eigenvalue weighted by Crippen LogP contribution is 2.19. The van der Waals surface area contributed by atoms with Gasteiger partial charge in [0.05, 0.1) is 0 Å². The van der Waals surface area contributed by atoms with Gasteiger partial charge in [-0.25, -0.2) is 0 Å². The summed E-state index contributed by atoms with van der Waals surface area (Å²) in [6, 6.07) is 15.3. The third-order valence-corrected chi connectivity index (χ3v) is 4.90. The monoisotopic (exact) mass is 394 g/mol. The summed E-state index contributed by atoms with van der Waals surface area (Å²) in [4.78, 5) is 2.36. The van der Waals surface area contributed by atoms with E-state index < -0.39 is 0 Å². The maximum atomic E-state index is 3.49. The van der Waals surface area contributed by atoms with Crippen LogP contribution < -0.4 is 10.2 Å². The minimum absolute atomic E-state index is 0.859. The van der Waals surface area contributed by atoms with Gasteiger partial charge in [0.1, 0.15) is 0 Å². The Labute approximate surface area is 141 Å². The van der Waals surface area contributed by atoms with Crippen LogP contribution in [-0.4, -0.2) is 13.1 Å². The molecule has 0 heterocycles. The van der Waals surface area contributed by atoms with E-state index in [1.54, 1.807) is 0 Å². The molecule has 1 N–H and O–H groups in total. The second-order valence-electron chi connectivity index (χ2n) is 5.16. The fourth-order valence-electron chi connectivity index (χ4n) is 2.32. The standard InChI is InChI=1S/C18H23IN2/c1-4-21(5-2)17-10-7-15(8-11-17)13-20-16-9-6-14(3)18(19)12-16/h6-12,20H,4-5,13H2,1-3H3. The van der Waals surface area contributed by atoms with Crippen molar-refractivity contribution in [2.24, 2.45) is 0 Å². The highest BCUT2D eigenvalue weighted by atomic mass is 127. The molecular formula is C18H23IN2. The highest BCUT2D eigenvalue weighted by molar-refractivity contribution is 14.1. The number of benzene rings is 2. The molecule has 0 radical (unpaired) electrons. The Morgan fingerprint density at radius 1 is 1.00 bits per heavy atom.